The van der Waals surface area contributed by atoms with E-state index in [1.54, 1.807) is 30.2 Å². The fourth-order valence-corrected chi connectivity index (χ4v) is 1.78. The summed E-state index contributed by atoms with van der Waals surface area (Å²) in [5.41, 5.74) is 0.182. The largest absolute Gasteiger partial charge is 0.370 e. The summed E-state index contributed by atoms with van der Waals surface area (Å²) >= 11 is 5.99. The van der Waals surface area contributed by atoms with Crippen LogP contribution in [0.15, 0.2) is 18.5 Å². The van der Waals surface area contributed by atoms with Crippen LogP contribution in [0.25, 0.3) is 0 Å². The van der Waals surface area contributed by atoms with Gasteiger partial charge in [0.2, 0.25) is 0 Å². The molecule has 2 rings (SSSR count). The van der Waals surface area contributed by atoms with Crippen molar-refractivity contribution in [3.05, 3.63) is 35.0 Å². The lowest BCUT2D eigenvalue weighted by molar-refractivity contribution is 0.0945. The van der Waals surface area contributed by atoms with Crippen LogP contribution in [0.1, 0.15) is 23.2 Å². The number of amides is 1. The third kappa shape index (κ3) is 3.45. The summed E-state index contributed by atoms with van der Waals surface area (Å²) in [6.45, 7) is 2.89. The molecule has 20 heavy (non-hydrogen) atoms. The molecule has 0 aliphatic heterocycles. The SMILES string of the molecule is CCNc1ccc(Cl)c(C(=O)NCc2ncn(C)n2)n1. The minimum Gasteiger partial charge on any atom is -0.370 e. The van der Waals surface area contributed by atoms with Gasteiger partial charge in [0.1, 0.15) is 17.8 Å². The van der Waals surface area contributed by atoms with Gasteiger partial charge in [-0.1, -0.05) is 11.6 Å². The lowest BCUT2D eigenvalue weighted by Crippen LogP contribution is -2.25. The van der Waals surface area contributed by atoms with E-state index in [4.69, 9.17) is 11.6 Å². The Hall–Kier alpha value is -2.15. The molecule has 1 amide bonds. The summed E-state index contributed by atoms with van der Waals surface area (Å²) in [5, 5.41) is 10.1. The van der Waals surface area contributed by atoms with Crippen LogP contribution in [-0.4, -0.2) is 32.2 Å². The van der Waals surface area contributed by atoms with E-state index in [0.717, 1.165) is 0 Å². The van der Waals surface area contributed by atoms with Crippen molar-refractivity contribution in [2.24, 2.45) is 7.05 Å². The number of hydrogen-bond donors (Lipinski definition) is 2. The summed E-state index contributed by atoms with van der Waals surface area (Å²) in [6.07, 6.45) is 1.57. The molecule has 0 unspecified atom stereocenters. The molecule has 0 aliphatic carbocycles. The van der Waals surface area contributed by atoms with Gasteiger partial charge in [-0.05, 0) is 19.1 Å². The molecule has 2 aromatic rings. The van der Waals surface area contributed by atoms with Gasteiger partial charge in [0.15, 0.2) is 5.82 Å². The predicted molar refractivity (Wildman–Crippen MR) is 75.6 cm³/mol. The summed E-state index contributed by atoms with van der Waals surface area (Å²) in [6, 6.07) is 3.36. The fraction of sp³-hybridized carbons (Fsp3) is 0.333. The van der Waals surface area contributed by atoms with Crippen LogP contribution in [0.4, 0.5) is 5.82 Å². The standard InChI is InChI=1S/C12H15ClN6O/c1-3-14-9-5-4-8(13)11(17-9)12(20)15-6-10-16-7-19(2)18-10/h4-5,7H,3,6H2,1-2H3,(H,14,17)(H,15,20). The number of aryl methyl sites for hydroxylation is 1. The molecular weight excluding hydrogens is 280 g/mol. The summed E-state index contributed by atoms with van der Waals surface area (Å²) in [5.74, 6) is 0.778. The molecule has 0 saturated heterocycles. The number of halogens is 1. The van der Waals surface area contributed by atoms with Crippen molar-refractivity contribution in [2.75, 3.05) is 11.9 Å². The second-order valence-corrected chi connectivity index (χ2v) is 4.48. The average molecular weight is 295 g/mol. The normalized spacial score (nSPS) is 10.3. The van der Waals surface area contributed by atoms with Crippen LogP contribution < -0.4 is 10.6 Å². The zero-order valence-electron chi connectivity index (χ0n) is 11.2. The number of hydrogen-bond acceptors (Lipinski definition) is 5. The lowest BCUT2D eigenvalue weighted by atomic mass is 10.3. The molecule has 0 saturated carbocycles. The first-order valence-corrected chi connectivity index (χ1v) is 6.51. The molecule has 106 valence electrons. The van der Waals surface area contributed by atoms with Crippen molar-refractivity contribution in [1.29, 1.82) is 0 Å². The maximum absolute atomic E-state index is 12.1. The first-order chi connectivity index (χ1) is 9.60. The number of carbonyl (C=O) groups excluding carboxylic acids is 1. The van der Waals surface area contributed by atoms with E-state index in [2.05, 4.69) is 25.7 Å². The van der Waals surface area contributed by atoms with Crippen LogP contribution in [0.3, 0.4) is 0 Å². The van der Waals surface area contributed by atoms with E-state index in [9.17, 15) is 4.79 Å². The van der Waals surface area contributed by atoms with Gasteiger partial charge in [-0.15, -0.1) is 0 Å². The van der Waals surface area contributed by atoms with Crippen molar-refractivity contribution < 1.29 is 4.79 Å². The Labute approximate surface area is 121 Å². The van der Waals surface area contributed by atoms with Gasteiger partial charge in [-0.2, -0.15) is 5.10 Å². The van der Waals surface area contributed by atoms with Crippen molar-refractivity contribution in [3.8, 4) is 0 Å². The second kappa shape index (κ2) is 6.33. The molecule has 2 heterocycles. The topological polar surface area (TPSA) is 84.7 Å². The Morgan fingerprint density at radius 2 is 2.25 bits per heavy atom. The second-order valence-electron chi connectivity index (χ2n) is 4.07. The van der Waals surface area contributed by atoms with E-state index < -0.39 is 0 Å². The number of anilines is 1. The van der Waals surface area contributed by atoms with Crippen LogP contribution in [-0.2, 0) is 13.6 Å². The highest BCUT2D eigenvalue weighted by atomic mass is 35.5. The van der Waals surface area contributed by atoms with Crippen molar-refractivity contribution >= 4 is 23.3 Å². The molecule has 8 heteroatoms. The number of nitrogens with zero attached hydrogens (tertiary/aromatic N) is 4. The number of rotatable bonds is 5. The molecular formula is C12H15ClN6O. The summed E-state index contributed by atoms with van der Waals surface area (Å²) < 4.78 is 1.57. The molecule has 0 spiro atoms. The first kappa shape index (κ1) is 14.3. The van der Waals surface area contributed by atoms with Gasteiger partial charge in [-0.25, -0.2) is 9.97 Å². The van der Waals surface area contributed by atoms with E-state index in [0.29, 0.717) is 23.2 Å². The quantitative estimate of drug-likeness (QED) is 0.866. The van der Waals surface area contributed by atoms with E-state index in [1.807, 2.05) is 6.92 Å². The lowest BCUT2D eigenvalue weighted by Gasteiger charge is -2.07. The van der Waals surface area contributed by atoms with Crippen LogP contribution in [0, 0.1) is 0 Å². The molecule has 0 radical (unpaired) electrons. The summed E-state index contributed by atoms with van der Waals surface area (Å²) in [7, 11) is 1.76. The van der Waals surface area contributed by atoms with Crippen molar-refractivity contribution in [1.82, 2.24) is 25.1 Å². The Morgan fingerprint density at radius 3 is 2.90 bits per heavy atom. The zero-order valence-corrected chi connectivity index (χ0v) is 12.0. The highest BCUT2D eigenvalue weighted by Gasteiger charge is 2.13. The average Bonchev–Trinajstić information content (AvgIpc) is 2.84. The molecule has 7 nitrogen and oxygen atoms in total. The van der Waals surface area contributed by atoms with Gasteiger partial charge < -0.3 is 10.6 Å². The number of nitrogens with one attached hydrogen (secondary N) is 2. The molecule has 0 bridgehead atoms. The maximum Gasteiger partial charge on any atom is 0.271 e. The Bertz CT molecular complexity index is 612. The highest BCUT2D eigenvalue weighted by Crippen LogP contribution is 2.16. The molecule has 2 N–H and O–H groups in total. The minimum absolute atomic E-state index is 0.182. The Balaban J connectivity index is 2.06. The maximum atomic E-state index is 12.1. The molecule has 0 aromatic carbocycles. The van der Waals surface area contributed by atoms with Gasteiger partial charge >= 0.3 is 0 Å². The van der Waals surface area contributed by atoms with E-state index >= 15 is 0 Å². The van der Waals surface area contributed by atoms with Crippen molar-refractivity contribution in [2.45, 2.75) is 13.5 Å². The number of aromatic nitrogens is 4. The van der Waals surface area contributed by atoms with Gasteiger partial charge in [0, 0.05) is 13.6 Å². The molecule has 0 aliphatic rings. The summed E-state index contributed by atoms with van der Waals surface area (Å²) in [4.78, 5) is 20.3. The first-order valence-electron chi connectivity index (χ1n) is 6.13. The molecule has 0 fully saturated rings. The van der Waals surface area contributed by atoms with Crippen LogP contribution in [0.2, 0.25) is 5.02 Å². The van der Waals surface area contributed by atoms with Gasteiger partial charge in [-0.3, -0.25) is 9.48 Å². The highest BCUT2D eigenvalue weighted by molar-refractivity contribution is 6.33. The Kier molecular flexibility index (Phi) is 4.52. The van der Waals surface area contributed by atoms with E-state index in [1.165, 1.54) is 0 Å². The van der Waals surface area contributed by atoms with Crippen molar-refractivity contribution in [3.63, 3.8) is 0 Å². The van der Waals surface area contributed by atoms with Gasteiger partial charge in [0.05, 0.1) is 11.6 Å². The van der Waals surface area contributed by atoms with Gasteiger partial charge in [0.25, 0.3) is 5.91 Å². The number of pyridine rings is 1. The zero-order chi connectivity index (χ0) is 14.5. The third-order valence-electron chi connectivity index (χ3n) is 2.47. The predicted octanol–water partition coefficient (Wildman–Crippen LogP) is 1.23. The molecule has 2 aromatic heterocycles. The smallest absolute Gasteiger partial charge is 0.271 e. The number of carbonyl (C=O) groups is 1. The molecule has 0 atom stereocenters. The van der Waals surface area contributed by atoms with Crippen LogP contribution in [0.5, 0.6) is 0 Å². The van der Waals surface area contributed by atoms with E-state index in [-0.39, 0.29) is 18.1 Å². The van der Waals surface area contributed by atoms with Crippen LogP contribution >= 0.6 is 11.6 Å². The third-order valence-corrected chi connectivity index (χ3v) is 2.78. The fourth-order valence-electron chi connectivity index (χ4n) is 1.59. The Morgan fingerprint density at radius 1 is 1.45 bits per heavy atom. The monoisotopic (exact) mass is 294 g/mol. The minimum atomic E-state index is -0.359.